The molecular formula is C19H27FN2O. The van der Waals surface area contributed by atoms with Gasteiger partial charge < -0.3 is 15.4 Å². The summed E-state index contributed by atoms with van der Waals surface area (Å²) in [6, 6.07) is 5.93. The zero-order valence-corrected chi connectivity index (χ0v) is 14.1. The summed E-state index contributed by atoms with van der Waals surface area (Å²) >= 11 is 0. The largest absolute Gasteiger partial charge is 0.487 e. The van der Waals surface area contributed by atoms with Gasteiger partial charge in [-0.25, -0.2) is 4.39 Å². The van der Waals surface area contributed by atoms with Crippen LogP contribution in [0.4, 0.5) is 4.39 Å². The average Bonchev–Trinajstić information content (AvgIpc) is 3.20. The van der Waals surface area contributed by atoms with Crippen LogP contribution < -0.4 is 15.4 Å². The number of benzene rings is 1. The molecule has 2 atom stereocenters. The minimum absolute atomic E-state index is 0.0775. The Morgan fingerprint density at radius 1 is 1.35 bits per heavy atom. The van der Waals surface area contributed by atoms with Gasteiger partial charge in [-0.3, -0.25) is 0 Å². The minimum atomic E-state index is -0.256. The second-order valence-electron chi connectivity index (χ2n) is 6.73. The van der Waals surface area contributed by atoms with E-state index in [4.69, 9.17) is 4.74 Å². The van der Waals surface area contributed by atoms with E-state index in [1.807, 2.05) is 12.3 Å². The Kier molecular flexibility index (Phi) is 5.09. The third-order valence-corrected chi connectivity index (χ3v) is 4.91. The number of halogens is 1. The maximum atomic E-state index is 14.3. The van der Waals surface area contributed by atoms with Crippen LogP contribution in [0.2, 0.25) is 0 Å². The molecule has 1 aromatic rings. The predicted octanol–water partition coefficient (Wildman–Crippen LogP) is 4.41. The zero-order valence-electron chi connectivity index (χ0n) is 14.1. The summed E-state index contributed by atoms with van der Waals surface area (Å²) in [7, 11) is 0. The number of nitrogens with one attached hydrogen (secondary N) is 2. The van der Waals surface area contributed by atoms with E-state index in [0.29, 0.717) is 11.8 Å². The highest BCUT2D eigenvalue weighted by molar-refractivity contribution is 5.31. The molecule has 1 aliphatic carbocycles. The summed E-state index contributed by atoms with van der Waals surface area (Å²) in [6.45, 7) is 4.24. The van der Waals surface area contributed by atoms with Crippen molar-refractivity contribution >= 4 is 0 Å². The van der Waals surface area contributed by atoms with Crippen LogP contribution in [0.3, 0.4) is 0 Å². The first-order valence-electron chi connectivity index (χ1n) is 8.83. The van der Waals surface area contributed by atoms with E-state index >= 15 is 0 Å². The second-order valence-corrected chi connectivity index (χ2v) is 6.73. The topological polar surface area (TPSA) is 33.3 Å². The number of ether oxygens (including phenoxy) is 1. The van der Waals surface area contributed by atoms with Crippen LogP contribution in [-0.4, -0.2) is 12.1 Å². The molecule has 4 heteroatoms. The van der Waals surface area contributed by atoms with Crippen molar-refractivity contribution in [2.24, 2.45) is 0 Å². The molecule has 3 nitrogen and oxygen atoms in total. The van der Waals surface area contributed by atoms with Gasteiger partial charge in [-0.15, -0.1) is 0 Å². The number of hydrogen-bond donors (Lipinski definition) is 2. The lowest BCUT2D eigenvalue weighted by Crippen LogP contribution is -2.20. The Bertz CT molecular complexity index is 566. The molecule has 0 saturated heterocycles. The summed E-state index contributed by atoms with van der Waals surface area (Å²) in [5.74, 6) is 0.133. The summed E-state index contributed by atoms with van der Waals surface area (Å²) in [4.78, 5) is 0. The van der Waals surface area contributed by atoms with Crippen LogP contribution in [0, 0.1) is 5.82 Å². The molecule has 1 fully saturated rings. The lowest BCUT2D eigenvalue weighted by molar-refractivity contribution is 0.200. The van der Waals surface area contributed by atoms with Crippen molar-refractivity contribution in [3.05, 3.63) is 41.5 Å². The molecule has 1 saturated carbocycles. The summed E-state index contributed by atoms with van der Waals surface area (Å²) < 4.78 is 20.1. The standard InChI is InChI=1S/C19H27FN2O/c1-3-15-11-16(12-21-15)22-13(2)14-8-9-19(18(20)10-14)23-17-6-4-5-7-17/h8-10,12-13,15,17,21-22H,3-7,11H2,1-2H3/t13?,15-/m0/s1. The molecular weight excluding hydrogens is 291 g/mol. The van der Waals surface area contributed by atoms with Crippen molar-refractivity contribution in [2.45, 2.75) is 70.6 Å². The first kappa shape index (κ1) is 16.2. The van der Waals surface area contributed by atoms with E-state index in [-0.39, 0.29) is 18.0 Å². The lowest BCUT2D eigenvalue weighted by atomic mass is 10.1. The molecule has 0 spiro atoms. The highest BCUT2D eigenvalue weighted by Crippen LogP contribution is 2.28. The molecule has 1 unspecified atom stereocenters. The van der Waals surface area contributed by atoms with E-state index < -0.39 is 0 Å². The Hall–Kier alpha value is -1.71. The molecule has 126 valence electrons. The Labute approximate surface area is 138 Å². The maximum Gasteiger partial charge on any atom is 0.165 e. The molecule has 2 aliphatic rings. The van der Waals surface area contributed by atoms with Crippen LogP contribution in [-0.2, 0) is 0 Å². The van der Waals surface area contributed by atoms with Gasteiger partial charge in [0.15, 0.2) is 11.6 Å². The molecule has 0 bridgehead atoms. The first-order valence-corrected chi connectivity index (χ1v) is 8.83. The zero-order chi connectivity index (χ0) is 16.2. The monoisotopic (exact) mass is 318 g/mol. The van der Waals surface area contributed by atoms with Crippen molar-refractivity contribution < 1.29 is 9.13 Å². The maximum absolute atomic E-state index is 14.3. The van der Waals surface area contributed by atoms with Gasteiger partial charge in [-0.1, -0.05) is 13.0 Å². The quantitative estimate of drug-likeness (QED) is 0.815. The van der Waals surface area contributed by atoms with Crippen molar-refractivity contribution in [3.63, 3.8) is 0 Å². The van der Waals surface area contributed by atoms with Gasteiger partial charge >= 0.3 is 0 Å². The van der Waals surface area contributed by atoms with E-state index in [1.165, 1.54) is 18.5 Å². The smallest absolute Gasteiger partial charge is 0.165 e. The second kappa shape index (κ2) is 7.24. The van der Waals surface area contributed by atoms with Crippen molar-refractivity contribution in [2.75, 3.05) is 0 Å². The average molecular weight is 318 g/mol. The normalized spacial score (nSPS) is 22.6. The Morgan fingerprint density at radius 3 is 2.78 bits per heavy atom. The SMILES string of the molecule is CC[C@H]1CC(NC(C)c2ccc(OC3CCCC3)c(F)c2)=CN1. The number of hydrogen-bond acceptors (Lipinski definition) is 3. The molecule has 1 heterocycles. The first-order chi connectivity index (χ1) is 11.2. The highest BCUT2D eigenvalue weighted by atomic mass is 19.1. The summed E-state index contributed by atoms with van der Waals surface area (Å²) in [6.07, 6.45) is 8.80. The lowest BCUT2D eigenvalue weighted by Gasteiger charge is -2.19. The highest BCUT2D eigenvalue weighted by Gasteiger charge is 2.20. The van der Waals surface area contributed by atoms with Gasteiger partial charge in [0, 0.05) is 30.4 Å². The van der Waals surface area contributed by atoms with E-state index in [2.05, 4.69) is 24.5 Å². The Morgan fingerprint density at radius 2 is 2.13 bits per heavy atom. The molecule has 23 heavy (non-hydrogen) atoms. The minimum Gasteiger partial charge on any atom is -0.487 e. The molecule has 1 aliphatic heterocycles. The van der Waals surface area contributed by atoms with Crippen LogP contribution in [0.1, 0.15) is 64.0 Å². The van der Waals surface area contributed by atoms with Gasteiger partial charge in [0.25, 0.3) is 0 Å². The van der Waals surface area contributed by atoms with E-state index in [1.54, 1.807) is 12.1 Å². The van der Waals surface area contributed by atoms with Crippen LogP contribution >= 0.6 is 0 Å². The molecule has 0 amide bonds. The molecule has 3 rings (SSSR count). The van der Waals surface area contributed by atoms with Crippen molar-refractivity contribution in [1.29, 1.82) is 0 Å². The fraction of sp³-hybridized carbons (Fsp3) is 0.579. The predicted molar refractivity (Wildman–Crippen MR) is 90.7 cm³/mol. The molecule has 0 radical (unpaired) electrons. The van der Waals surface area contributed by atoms with E-state index in [0.717, 1.165) is 31.2 Å². The third kappa shape index (κ3) is 3.98. The van der Waals surface area contributed by atoms with E-state index in [9.17, 15) is 4.39 Å². The summed E-state index contributed by atoms with van der Waals surface area (Å²) in [5, 5.41) is 6.83. The van der Waals surface area contributed by atoms with Crippen LogP contribution in [0.15, 0.2) is 30.1 Å². The van der Waals surface area contributed by atoms with Gasteiger partial charge in [-0.05, 0) is 56.7 Å². The fourth-order valence-corrected chi connectivity index (χ4v) is 3.39. The third-order valence-electron chi connectivity index (χ3n) is 4.91. The van der Waals surface area contributed by atoms with Crippen LogP contribution in [0.25, 0.3) is 0 Å². The van der Waals surface area contributed by atoms with Gasteiger partial charge in [-0.2, -0.15) is 0 Å². The van der Waals surface area contributed by atoms with Crippen molar-refractivity contribution in [1.82, 2.24) is 10.6 Å². The fourth-order valence-electron chi connectivity index (χ4n) is 3.39. The number of rotatable bonds is 6. The molecule has 1 aromatic carbocycles. The van der Waals surface area contributed by atoms with Gasteiger partial charge in [0.2, 0.25) is 0 Å². The Balaban J connectivity index is 1.60. The summed E-state index contributed by atoms with van der Waals surface area (Å²) in [5.41, 5.74) is 2.14. The molecule has 0 aromatic heterocycles. The van der Waals surface area contributed by atoms with Crippen LogP contribution in [0.5, 0.6) is 5.75 Å². The molecule has 2 N–H and O–H groups in total. The van der Waals surface area contributed by atoms with Gasteiger partial charge in [0.05, 0.1) is 6.10 Å². The van der Waals surface area contributed by atoms with Gasteiger partial charge in [0.1, 0.15) is 0 Å². The van der Waals surface area contributed by atoms with Crippen molar-refractivity contribution in [3.8, 4) is 5.75 Å².